The van der Waals surface area contributed by atoms with Gasteiger partial charge in [0.15, 0.2) is 0 Å². The third kappa shape index (κ3) is 4.48. The van der Waals surface area contributed by atoms with Crippen LogP contribution in [0, 0.1) is 6.92 Å². The van der Waals surface area contributed by atoms with E-state index in [2.05, 4.69) is 0 Å². The number of hydrogen-bond donors (Lipinski definition) is 0. The molecular formula is C19H17O3P. The summed E-state index contributed by atoms with van der Waals surface area (Å²) in [5.74, 6) is 2.18. The third-order valence-corrected chi connectivity index (χ3v) is 4.18. The summed E-state index contributed by atoms with van der Waals surface area (Å²) in [7, 11) is -1.61. The fraction of sp³-hybridized carbons (Fsp3) is 0.0526. The molecule has 0 bridgehead atoms. The lowest BCUT2D eigenvalue weighted by Crippen LogP contribution is -2.03. The lowest BCUT2D eigenvalue weighted by molar-refractivity contribution is 0.387. The summed E-state index contributed by atoms with van der Waals surface area (Å²) in [5.41, 5.74) is 1.04. The number of para-hydroxylation sites is 3. The van der Waals surface area contributed by atoms with Gasteiger partial charge >= 0.3 is 8.60 Å². The van der Waals surface area contributed by atoms with Crippen molar-refractivity contribution in [1.82, 2.24) is 0 Å². The quantitative estimate of drug-likeness (QED) is 0.540. The second-order valence-corrected chi connectivity index (χ2v) is 5.88. The Hall–Kier alpha value is -2.51. The van der Waals surface area contributed by atoms with Crippen LogP contribution in [0.2, 0.25) is 0 Å². The Morgan fingerprint density at radius 2 is 1.04 bits per heavy atom. The van der Waals surface area contributed by atoms with Crippen molar-refractivity contribution in [2.45, 2.75) is 6.92 Å². The van der Waals surface area contributed by atoms with Gasteiger partial charge in [0, 0.05) is 0 Å². The molecule has 23 heavy (non-hydrogen) atoms. The van der Waals surface area contributed by atoms with Gasteiger partial charge in [0.05, 0.1) is 0 Å². The molecule has 0 fully saturated rings. The van der Waals surface area contributed by atoms with E-state index in [1.807, 2.05) is 91.9 Å². The van der Waals surface area contributed by atoms with Gasteiger partial charge in [0.2, 0.25) is 0 Å². The molecule has 0 radical (unpaired) electrons. The van der Waals surface area contributed by atoms with Crippen LogP contribution >= 0.6 is 8.60 Å². The Kier molecular flexibility index (Phi) is 5.13. The molecule has 0 aromatic heterocycles. The van der Waals surface area contributed by atoms with Crippen LogP contribution in [0.5, 0.6) is 17.2 Å². The predicted molar refractivity (Wildman–Crippen MR) is 92.9 cm³/mol. The molecule has 4 heteroatoms. The second kappa shape index (κ2) is 7.66. The first-order valence-corrected chi connectivity index (χ1v) is 8.40. The van der Waals surface area contributed by atoms with Crippen LogP contribution in [0.4, 0.5) is 0 Å². The number of aryl methyl sites for hydroxylation is 1. The van der Waals surface area contributed by atoms with Crippen LogP contribution < -0.4 is 13.6 Å². The zero-order valence-electron chi connectivity index (χ0n) is 12.8. The predicted octanol–water partition coefficient (Wildman–Crippen LogP) is 5.76. The van der Waals surface area contributed by atoms with E-state index in [1.54, 1.807) is 0 Å². The first-order valence-electron chi connectivity index (χ1n) is 7.31. The summed E-state index contributed by atoms with van der Waals surface area (Å²) in [6.07, 6.45) is 0. The Morgan fingerprint density at radius 1 is 0.565 bits per heavy atom. The highest BCUT2D eigenvalue weighted by atomic mass is 31.2. The SMILES string of the molecule is Cc1ccccc1OP(Oc1ccccc1)Oc1ccccc1. The maximum atomic E-state index is 5.97. The molecule has 0 atom stereocenters. The smallest absolute Gasteiger partial charge is 0.409 e. The summed E-state index contributed by atoms with van der Waals surface area (Å²) < 4.78 is 17.8. The van der Waals surface area contributed by atoms with E-state index in [9.17, 15) is 0 Å². The van der Waals surface area contributed by atoms with Crippen molar-refractivity contribution < 1.29 is 13.6 Å². The number of benzene rings is 3. The summed E-state index contributed by atoms with van der Waals surface area (Å²) in [6.45, 7) is 1.99. The zero-order chi connectivity index (χ0) is 15.9. The van der Waals surface area contributed by atoms with Crippen LogP contribution in [0.1, 0.15) is 5.56 Å². The molecule has 116 valence electrons. The van der Waals surface area contributed by atoms with Gasteiger partial charge < -0.3 is 13.6 Å². The van der Waals surface area contributed by atoms with Gasteiger partial charge in [0.25, 0.3) is 0 Å². The number of hydrogen-bond acceptors (Lipinski definition) is 3. The zero-order valence-corrected chi connectivity index (χ0v) is 13.6. The molecule has 0 N–H and O–H groups in total. The highest BCUT2D eigenvalue weighted by Crippen LogP contribution is 2.42. The molecular weight excluding hydrogens is 307 g/mol. The van der Waals surface area contributed by atoms with E-state index in [1.165, 1.54) is 0 Å². The standard InChI is InChI=1S/C19H17O3P/c1-16-10-8-9-15-19(16)22-23(20-17-11-4-2-5-12-17)21-18-13-6-3-7-14-18/h2-15H,1H3. The first kappa shape index (κ1) is 15.4. The maximum absolute atomic E-state index is 5.97. The summed E-state index contributed by atoms with van der Waals surface area (Å²) in [6, 6.07) is 26.9. The van der Waals surface area contributed by atoms with Crippen LogP contribution in [-0.2, 0) is 0 Å². The Morgan fingerprint density at radius 3 is 1.57 bits per heavy atom. The van der Waals surface area contributed by atoms with E-state index < -0.39 is 8.60 Å². The third-order valence-electron chi connectivity index (χ3n) is 3.11. The highest BCUT2D eigenvalue weighted by molar-refractivity contribution is 7.43. The largest absolute Gasteiger partial charge is 0.530 e. The van der Waals surface area contributed by atoms with Gasteiger partial charge in [0.1, 0.15) is 17.2 Å². The second-order valence-electron chi connectivity index (χ2n) is 4.89. The minimum atomic E-state index is -1.61. The molecule has 0 spiro atoms. The van der Waals surface area contributed by atoms with Gasteiger partial charge in [-0.05, 0) is 42.8 Å². The Labute approximate surface area is 137 Å². The lowest BCUT2D eigenvalue weighted by atomic mass is 10.2. The number of rotatable bonds is 6. The molecule has 0 heterocycles. The fourth-order valence-corrected chi connectivity index (χ4v) is 2.99. The van der Waals surface area contributed by atoms with Crippen molar-refractivity contribution in [3.8, 4) is 17.2 Å². The molecule has 0 aliphatic carbocycles. The molecule has 3 aromatic rings. The van der Waals surface area contributed by atoms with Gasteiger partial charge in [-0.25, -0.2) is 0 Å². The van der Waals surface area contributed by atoms with Crippen molar-refractivity contribution in [3.05, 3.63) is 90.5 Å². The molecule has 3 aromatic carbocycles. The molecule has 3 nitrogen and oxygen atoms in total. The normalized spacial score (nSPS) is 10.3. The molecule has 0 saturated heterocycles. The van der Waals surface area contributed by atoms with Crippen LogP contribution in [0.3, 0.4) is 0 Å². The fourth-order valence-electron chi connectivity index (χ4n) is 1.93. The molecule has 0 amide bonds. The molecule has 0 unspecified atom stereocenters. The topological polar surface area (TPSA) is 27.7 Å². The Balaban J connectivity index is 1.79. The minimum absolute atomic E-state index is 0.711. The van der Waals surface area contributed by atoms with E-state index in [4.69, 9.17) is 13.6 Å². The van der Waals surface area contributed by atoms with Gasteiger partial charge in [-0.3, -0.25) is 0 Å². The van der Waals surface area contributed by atoms with Crippen LogP contribution in [0.25, 0.3) is 0 Å². The van der Waals surface area contributed by atoms with E-state index >= 15 is 0 Å². The van der Waals surface area contributed by atoms with Crippen molar-refractivity contribution in [2.75, 3.05) is 0 Å². The highest BCUT2D eigenvalue weighted by Gasteiger charge is 2.20. The van der Waals surface area contributed by atoms with Gasteiger partial charge in [-0.2, -0.15) is 0 Å². The van der Waals surface area contributed by atoms with Crippen LogP contribution in [0.15, 0.2) is 84.9 Å². The van der Waals surface area contributed by atoms with Crippen molar-refractivity contribution >= 4 is 8.60 Å². The van der Waals surface area contributed by atoms with Crippen LogP contribution in [-0.4, -0.2) is 0 Å². The van der Waals surface area contributed by atoms with E-state index in [0.717, 1.165) is 11.3 Å². The minimum Gasteiger partial charge on any atom is -0.409 e. The molecule has 0 aliphatic heterocycles. The van der Waals surface area contributed by atoms with Crippen molar-refractivity contribution in [2.24, 2.45) is 0 Å². The van der Waals surface area contributed by atoms with E-state index in [-0.39, 0.29) is 0 Å². The first-order chi connectivity index (χ1) is 11.3. The summed E-state index contributed by atoms with van der Waals surface area (Å²) in [4.78, 5) is 0. The monoisotopic (exact) mass is 324 g/mol. The van der Waals surface area contributed by atoms with E-state index in [0.29, 0.717) is 11.5 Å². The summed E-state index contributed by atoms with van der Waals surface area (Å²) in [5, 5.41) is 0. The average Bonchev–Trinajstić information content (AvgIpc) is 2.59. The molecule has 3 rings (SSSR count). The Bertz CT molecular complexity index is 690. The van der Waals surface area contributed by atoms with Crippen molar-refractivity contribution in [3.63, 3.8) is 0 Å². The molecule has 0 aliphatic rings. The summed E-state index contributed by atoms with van der Waals surface area (Å²) >= 11 is 0. The van der Waals surface area contributed by atoms with Gasteiger partial charge in [-0.15, -0.1) is 0 Å². The van der Waals surface area contributed by atoms with Crippen molar-refractivity contribution in [1.29, 1.82) is 0 Å². The lowest BCUT2D eigenvalue weighted by Gasteiger charge is -2.18. The molecule has 0 saturated carbocycles. The average molecular weight is 324 g/mol. The van der Waals surface area contributed by atoms with Gasteiger partial charge in [-0.1, -0.05) is 54.6 Å². The maximum Gasteiger partial charge on any atom is 0.530 e.